The zero-order valence-corrected chi connectivity index (χ0v) is 24.8. The molecule has 9 heteroatoms. The molecule has 2 aliphatic heterocycles. The average Bonchev–Trinajstić information content (AvgIpc) is 3.70. The first kappa shape index (κ1) is 27.3. The van der Waals surface area contributed by atoms with Crippen LogP contribution in [-0.4, -0.2) is 50.7 Å². The van der Waals surface area contributed by atoms with Gasteiger partial charge in [0.1, 0.15) is 23.0 Å². The van der Waals surface area contributed by atoms with Crippen LogP contribution in [-0.2, 0) is 39.9 Å². The Balaban J connectivity index is 1.17. The number of amides is 2. The van der Waals surface area contributed by atoms with Gasteiger partial charge >= 0.3 is 0 Å². The Morgan fingerprint density at radius 1 is 0.955 bits per heavy atom. The zero-order chi connectivity index (χ0) is 30.4. The molecule has 2 spiro atoms. The Kier molecular flexibility index (Phi) is 5.82. The predicted octanol–water partition coefficient (Wildman–Crippen LogP) is 5.40. The molecule has 2 aromatic heterocycles. The van der Waals surface area contributed by atoms with Gasteiger partial charge in [0.05, 0.1) is 16.5 Å². The van der Waals surface area contributed by atoms with Crippen molar-refractivity contribution in [3.8, 4) is 0 Å². The molecule has 1 N–H and O–H groups in total. The highest BCUT2D eigenvalue weighted by Gasteiger charge is 2.56. The minimum absolute atomic E-state index is 0.00793. The van der Waals surface area contributed by atoms with Gasteiger partial charge in [-0.2, -0.15) is 0 Å². The molecule has 224 valence electrons. The first-order chi connectivity index (χ1) is 21.1. The molecule has 4 aromatic rings. The fourth-order valence-corrected chi connectivity index (χ4v) is 8.47. The van der Waals surface area contributed by atoms with E-state index in [-0.39, 0.29) is 18.4 Å². The minimum Gasteiger partial charge on any atom is -0.326 e. The van der Waals surface area contributed by atoms with Crippen LogP contribution < -0.4 is 5.32 Å². The van der Waals surface area contributed by atoms with Crippen molar-refractivity contribution in [3.63, 3.8) is 0 Å². The Morgan fingerprint density at radius 3 is 2.43 bits per heavy atom. The number of nitrogens with zero attached hydrogens (tertiary/aromatic N) is 4. The number of carbonyl (C=O) groups excluding carboxylic acids is 2. The lowest BCUT2D eigenvalue weighted by atomic mass is 9.78. The third-order valence-electron chi connectivity index (χ3n) is 10.8. The quantitative estimate of drug-likeness (QED) is 0.345. The molecule has 2 amide bonds. The third-order valence-corrected chi connectivity index (χ3v) is 10.8. The molecule has 0 bridgehead atoms. The van der Waals surface area contributed by atoms with E-state index in [0.29, 0.717) is 30.8 Å². The summed E-state index contributed by atoms with van der Waals surface area (Å²) in [6.07, 6.45) is 8.12. The Labute approximate surface area is 254 Å². The lowest BCUT2D eigenvalue weighted by molar-refractivity contribution is -0.164. The molecule has 4 aliphatic rings. The van der Waals surface area contributed by atoms with Gasteiger partial charge in [-0.05, 0) is 98.3 Å². The summed E-state index contributed by atoms with van der Waals surface area (Å²) in [6.45, 7) is 2.61. The van der Waals surface area contributed by atoms with Crippen LogP contribution >= 0.6 is 0 Å². The summed E-state index contributed by atoms with van der Waals surface area (Å²) in [7, 11) is 1.96. The standard InChI is InChI=1S/C35H33F2N5O2/c1-33(25-13-26(36)15-27(37)14-25)20-41(2)35(7-3-4-8-35)32(44)42(33)19-21-10-22-11-23-16-34(17-24(23)12-29(22)39-18-21)28-6-5-9-38-30(28)40-31(34)43/h5-6,9-15,18H,3-4,7-8,16-17,19-20H2,1-2H3,(H,38,40,43)/t33?,34-/m0/s1/i2-1. The number of carbonyl (C=O) groups is 2. The number of rotatable bonds is 3. The maximum absolute atomic E-state index is 14.5. The molecule has 1 unspecified atom stereocenters. The highest BCUT2D eigenvalue weighted by Crippen LogP contribution is 2.48. The largest absolute Gasteiger partial charge is 0.326 e. The average molecular weight is 593 g/mol. The number of benzene rings is 2. The minimum atomic E-state index is -0.959. The van der Waals surface area contributed by atoms with Crippen LogP contribution in [0.1, 0.15) is 60.4 Å². The third kappa shape index (κ3) is 3.81. The van der Waals surface area contributed by atoms with Crippen LogP contribution in [0.25, 0.3) is 10.9 Å². The van der Waals surface area contributed by atoms with Gasteiger partial charge in [-0.1, -0.05) is 18.9 Å². The number of hydrogen-bond donors (Lipinski definition) is 1. The van der Waals surface area contributed by atoms with Crippen LogP contribution in [0.15, 0.2) is 60.9 Å². The van der Waals surface area contributed by atoms with Crippen molar-refractivity contribution in [2.45, 2.75) is 68.5 Å². The van der Waals surface area contributed by atoms with Crippen molar-refractivity contribution in [2.24, 2.45) is 0 Å². The molecular formula is C35H33F2N5O2. The summed E-state index contributed by atoms with van der Waals surface area (Å²) in [5, 5.41) is 3.89. The van der Waals surface area contributed by atoms with Gasteiger partial charge in [0.2, 0.25) is 11.8 Å². The number of hydrogen-bond acceptors (Lipinski definition) is 5. The van der Waals surface area contributed by atoms with Gasteiger partial charge in [0.25, 0.3) is 0 Å². The van der Waals surface area contributed by atoms with E-state index in [1.54, 1.807) is 12.4 Å². The fraction of sp³-hybridized carbons (Fsp3) is 0.371. The number of aromatic nitrogens is 2. The molecule has 2 atom stereocenters. The van der Waals surface area contributed by atoms with Crippen LogP contribution in [0.2, 0.25) is 0 Å². The lowest BCUT2D eigenvalue weighted by Crippen LogP contribution is -2.70. The lowest BCUT2D eigenvalue weighted by Gasteiger charge is -2.56. The Bertz CT molecular complexity index is 1870. The smallest absolute Gasteiger partial charge is 0.244 e. The Hall–Kier alpha value is -4.24. The van der Waals surface area contributed by atoms with Crippen LogP contribution in [0, 0.1) is 11.6 Å². The van der Waals surface area contributed by atoms with Crippen LogP contribution in [0.4, 0.5) is 14.6 Å². The molecule has 4 heterocycles. The molecule has 1 saturated heterocycles. The van der Waals surface area contributed by atoms with Crippen LogP contribution in [0.3, 0.4) is 0 Å². The van der Waals surface area contributed by atoms with Crippen molar-refractivity contribution in [1.29, 1.82) is 0 Å². The molecule has 7 nitrogen and oxygen atoms in total. The normalized spacial score (nSPS) is 25.7. The van der Waals surface area contributed by atoms with E-state index in [9.17, 15) is 18.4 Å². The maximum atomic E-state index is 14.5. The highest BCUT2D eigenvalue weighted by atomic mass is 19.1. The topological polar surface area (TPSA) is 78.4 Å². The maximum Gasteiger partial charge on any atom is 0.244 e. The summed E-state index contributed by atoms with van der Waals surface area (Å²) >= 11 is 0. The predicted molar refractivity (Wildman–Crippen MR) is 162 cm³/mol. The fourth-order valence-electron chi connectivity index (χ4n) is 8.47. The van der Waals surface area contributed by atoms with Gasteiger partial charge in [-0.15, -0.1) is 0 Å². The van der Waals surface area contributed by atoms with E-state index in [0.717, 1.165) is 64.9 Å². The molecule has 2 aliphatic carbocycles. The number of fused-ring (bicyclic) bond motifs is 4. The van der Waals surface area contributed by atoms with E-state index in [1.807, 2.05) is 31.0 Å². The molecule has 2 fully saturated rings. The molecule has 0 radical (unpaired) electrons. The van der Waals surface area contributed by atoms with Crippen molar-refractivity contribution in [3.05, 3.63) is 100 Å². The summed E-state index contributed by atoms with van der Waals surface area (Å²) in [6, 6.07) is 13.6. The zero-order valence-electron chi connectivity index (χ0n) is 24.8. The highest BCUT2D eigenvalue weighted by molar-refractivity contribution is 6.06. The molecular weight excluding hydrogens is 559 g/mol. The Morgan fingerprint density at radius 2 is 1.68 bits per heavy atom. The van der Waals surface area contributed by atoms with E-state index in [1.165, 1.54) is 12.1 Å². The number of pyridine rings is 2. The number of halogens is 2. The molecule has 8 rings (SSSR count). The van der Waals surface area contributed by atoms with E-state index in [4.69, 9.17) is 4.98 Å². The number of nitrogens with one attached hydrogen (secondary N) is 1. The van der Waals surface area contributed by atoms with Crippen LogP contribution in [0.5, 0.6) is 0 Å². The molecule has 44 heavy (non-hydrogen) atoms. The van der Waals surface area contributed by atoms with E-state index >= 15 is 0 Å². The van der Waals surface area contributed by atoms with Gasteiger partial charge in [-0.25, -0.2) is 13.8 Å². The van der Waals surface area contributed by atoms with Crippen molar-refractivity contribution in [1.82, 2.24) is 19.8 Å². The summed E-state index contributed by atoms with van der Waals surface area (Å²) in [5.41, 5.74) is 2.99. The van der Waals surface area contributed by atoms with Gasteiger partial charge in [0, 0.05) is 42.5 Å². The second-order valence-electron chi connectivity index (χ2n) is 13.4. The second kappa shape index (κ2) is 9.38. The number of piperazine rings is 1. The van der Waals surface area contributed by atoms with Crippen molar-refractivity contribution < 1.29 is 18.4 Å². The summed E-state index contributed by atoms with van der Waals surface area (Å²) in [5.74, 6) is -0.723. The number of likely N-dealkylation sites (N-methyl/N-ethyl adjacent to an activating group) is 1. The van der Waals surface area contributed by atoms with E-state index in [2.05, 4.69) is 33.4 Å². The second-order valence-corrected chi connectivity index (χ2v) is 13.4. The van der Waals surface area contributed by atoms with Gasteiger partial charge < -0.3 is 10.2 Å². The monoisotopic (exact) mass is 592 g/mol. The first-order valence-electron chi connectivity index (χ1n) is 15.3. The van der Waals surface area contributed by atoms with Gasteiger partial charge in [0.15, 0.2) is 0 Å². The first-order valence-corrected chi connectivity index (χ1v) is 15.3. The summed E-state index contributed by atoms with van der Waals surface area (Å²) < 4.78 is 29.0. The van der Waals surface area contributed by atoms with E-state index < -0.39 is 28.1 Å². The molecule has 1 saturated carbocycles. The van der Waals surface area contributed by atoms with Gasteiger partial charge in [-0.3, -0.25) is 19.5 Å². The summed E-state index contributed by atoms with van der Waals surface area (Å²) in [4.78, 5) is 40.8. The number of anilines is 1. The SMILES string of the molecule is CC1(c2cc(F)cc(F)c2)CN([11CH3])C2(CCCC2)C(=O)N1Cc1cnc2cc3c(cc2c1)C[C@@]1(C3)C(=O)Nc2ncccc21. The molecule has 2 aromatic carbocycles. The van der Waals surface area contributed by atoms with Crippen molar-refractivity contribution in [2.75, 3.05) is 18.9 Å². The van der Waals surface area contributed by atoms with Crippen molar-refractivity contribution >= 4 is 28.5 Å².